The second-order valence-corrected chi connectivity index (χ2v) is 4.52. The molecule has 0 spiro atoms. The summed E-state index contributed by atoms with van der Waals surface area (Å²) in [6.45, 7) is 0.778. The summed E-state index contributed by atoms with van der Waals surface area (Å²) in [6, 6.07) is 4.05. The Balaban J connectivity index is 2.27. The molecule has 17 heavy (non-hydrogen) atoms. The van der Waals surface area contributed by atoms with Crippen molar-refractivity contribution in [1.29, 1.82) is 0 Å². The molecule has 0 bridgehead atoms. The Morgan fingerprint density at radius 1 is 1.29 bits per heavy atom. The molecule has 1 aromatic carbocycles. The largest absolute Gasteiger partial charge is 0.319 e. The lowest BCUT2D eigenvalue weighted by Gasteiger charge is -1.98. The molecule has 2 rings (SSSR count). The van der Waals surface area contributed by atoms with Crippen molar-refractivity contribution in [1.82, 2.24) is 15.5 Å². The molecule has 1 N–H and O–H groups in total. The molecule has 0 fully saturated rings. The maximum Gasteiger partial charge on any atom is 0.169 e. The molecule has 3 nitrogen and oxygen atoms in total. The molecule has 0 unspecified atom stereocenters. The summed E-state index contributed by atoms with van der Waals surface area (Å²) in [5.41, 5.74) is 0.165. The average molecular weight is 255 g/mol. The van der Waals surface area contributed by atoms with Crippen molar-refractivity contribution in [3.8, 4) is 10.6 Å². The average Bonchev–Trinajstić information content (AvgIpc) is 2.78. The lowest BCUT2D eigenvalue weighted by molar-refractivity contribution is 0.511. The number of hydrogen-bond acceptors (Lipinski definition) is 4. The molecule has 0 atom stereocenters. The van der Waals surface area contributed by atoms with E-state index in [4.69, 9.17) is 0 Å². The van der Waals surface area contributed by atoms with Gasteiger partial charge in [-0.25, -0.2) is 8.78 Å². The molecule has 0 saturated heterocycles. The van der Waals surface area contributed by atoms with E-state index >= 15 is 0 Å². The van der Waals surface area contributed by atoms with E-state index in [0.717, 1.165) is 24.0 Å². The summed E-state index contributed by atoms with van der Waals surface area (Å²) >= 11 is 1.28. The van der Waals surface area contributed by atoms with Crippen molar-refractivity contribution in [2.75, 3.05) is 13.6 Å². The van der Waals surface area contributed by atoms with E-state index in [9.17, 15) is 8.78 Å². The van der Waals surface area contributed by atoms with Gasteiger partial charge < -0.3 is 5.32 Å². The first kappa shape index (κ1) is 12.1. The smallest absolute Gasteiger partial charge is 0.169 e. The monoisotopic (exact) mass is 255 g/mol. The van der Waals surface area contributed by atoms with Crippen LogP contribution < -0.4 is 5.32 Å². The summed E-state index contributed by atoms with van der Waals surface area (Å²) in [6.07, 6.45) is 0.727. The van der Waals surface area contributed by atoms with Crippen LogP contribution in [-0.2, 0) is 6.42 Å². The zero-order valence-corrected chi connectivity index (χ0v) is 10.0. The first-order valence-corrected chi connectivity index (χ1v) is 5.95. The third-order valence-corrected chi connectivity index (χ3v) is 3.25. The van der Waals surface area contributed by atoms with Crippen LogP contribution in [0, 0.1) is 11.6 Å². The van der Waals surface area contributed by atoms with Crippen molar-refractivity contribution in [2.24, 2.45) is 0 Å². The van der Waals surface area contributed by atoms with Gasteiger partial charge in [0.1, 0.15) is 5.01 Å². The molecule has 0 amide bonds. The first-order chi connectivity index (χ1) is 8.22. The maximum atomic E-state index is 13.5. The number of nitrogens with zero attached hydrogens (tertiary/aromatic N) is 2. The van der Waals surface area contributed by atoms with Crippen LogP contribution in [0.15, 0.2) is 18.2 Å². The minimum Gasteiger partial charge on any atom is -0.319 e. The van der Waals surface area contributed by atoms with Gasteiger partial charge in [0.25, 0.3) is 0 Å². The van der Waals surface area contributed by atoms with Crippen LogP contribution in [0.4, 0.5) is 8.78 Å². The highest BCUT2D eigenvalue weighted by Crippen LogP contribution is 2.27. The van der Waals surface area contributed by atoms with Gasteiger partial charge in [-0.2, -0.15) is 0 Å². The molecule has 2 aromatic rings. The lowest BCUT2D eigenvalue weighted by atomic mass is 10.2. The summed E-state index contributed by atoms with van der Waals surface area (Å²) < 4.78 is 26.5. The lowest BCUT2D eigenvalue weighted by Crippen LogP contribution is -2.09. The van der Waals surface area contributed by atoms with Crippen LogP contribution in [0.3, 0.4) is 0 Å². The van der Waals surface area contributed by atoms with Gasteiger partial charge in [0.15, 0.2) is 16.6 Å². The van der Waals surface area contributed by atoms with Crippen molar-refractivity contribution in [3.63, 3.8) is 0 Å². The molecule has 0 saturated carbocycles. The summed E-state index contributed by atoms with van der Waals surface area (Å²) in [7, 11) is 1.84. The normalized spacial score (nSPS) is 10.8. The number of likely N-dealkylation sites (N-methyl/N-ethyl adjacent to an activating group) is 1. The van der Waals surface area contributed by atoms with Gasteiger partial charge in [-0.1, -0.05) is 17.4 Å². The quantitative estimate of drug-likeness (QED) is 0.910. The zero-order chi connectivity index (χ0) is 12.3. The number of aromatic nitrogens is 2. The van der Waals surface area contributed by atoms with E-state index in [1.165, 1.54) is 23.5 Å². The zero-order valence-electron chi connectivity index (χ0n) is 9.20. The topological polar surface area (TPSA) is 37.8 Å². The van der Waals surface area contributed by atoms with Gasteiger partial charge in [-0.15, -0.1) is 10.2 Å². The fraction of sp³-hybridized carbons (Fsp3) is 0.273. The Morgan fingerprint density at radius 3 is 2.88 bits per heavy atom. The second-order valence-electron chi connectivity index (χ2n) is 3.46. The number of benzene rings is 1. The highest BCUT2D eigenvalue weighted by Gasteiger charge is 2.13. The molecular weight excluding hydrogens is 244 g/mol. The van der Waals surface area contributed by atoms with Crippen molar-refractivity contribution in [3.05, 3.63) is 34.8 Å². The van der Waals surface area contributed by atoms with Gasteiger partial charge in [-0.05, 0) is 19.2 Å². The van der Waals surface area contributed by atoms with Crippen molar-refractivity contribution >= 4 is 11.3 Å². The van der Waals surface area contributed by atoms with E-state index in [1.807, 2.05) is 7.05 Å². The molecular formula is C11H11F2N3S. The van der Waals surface area contributed by atoms with Gasteiger partial charge in [0.2, 0.25) is 0 Å². The van der Waals surface area contributed by atoms with Crippen LogP contribution >= 0.6 is 11.3 Å². The Kier molecular flexibility index (Phi) is 3.75. The van der Waals surface area contributed by atoms with Crippen LogP contribution in [0.1, 0.15) is 5.01 Å². The van der Waals surface area contributed by atoms with E-state index < -0.39 is 11.6 Å². The van der Waals surface area contributed by atoms with E-state index in [0.29, 0.717) is 5.01 Å². The molecule has 0 aliphatic rings. The van der Waals surface area contributed by atoms with E-state index in [1.54, 1.807) is 0 Å². The number of hydrogen-bond donors (Lipinski definition) is 1. The van der Waals surface area contributed by atoms with Gasteiger partial charge in [0.05, 0.1) is 5.56 Å². The number of nitrogens with one attached hydrogen (secondary N) is 1. The second kappa shape index (κ2) is 5.29. The summed E-state index contributed by atoms with van der Waals surface area (Å²) in [5.74, 6) is -1.74. The van der Waals surface area contributed by atoms with Crippen molar-refractivity contribution in [2.45, 2.75) is 6.42 Å². The summed E-state index contributed by atoms with van der Waals surface area (Å²) in [5, 5.41) is 12.0. The highest BCUT2D eigenvalue weighted by molar-refractivity contribution is 7.14. The number of rotatable bonds is 4. The fourth-order valence-corrected chi connectivity index (χ4v) is 2.22. The van der Waals surface area contributed by atoms with Gasteiger partial charge in [-0.3, -0.25) is 0 Å². The third kappa shape index (κ3) is 2.65. The number of halogens is 2. The standard InChI is InChI=1S/C11H11F2N3S/c1-14-6-5-9-15-16-11(17-9)7-3-2-4-8(12)10(7)13/h2-4,14H,5-6H2,1H3. The van der Waals surface area contributed by atoms with Gasteiger partial charge >= 0.3 is 0 Å². The van der Waals surface area contributed by atoms with E-state index in [2.05, 4.69) is 15.5 Å². The SMILES string of the molecule is CNCCc1nnc(-c2cccc(F)c2F)s1. The Morgan fingerprint density at radius 2 is 2.12 bits per heavy atom. The molecule has 1 aromatic heterocycles. The van der Waals surface area contributed by atoms with Crippen LogP contribution in [0.2, 0.25) is 0 Å². The van der Waals surface area contributed by atoms with Crippen LogP contribution in [-0.4, -0.2) is 23.8 Å². The van der Waals surface area contributed by atoms with Gasteiger partial charge in [0, 0.05) is 13.0 Å². The minimum atomic E-state index is -0.871. The van der Waals surface area contributed by atoms with E-state index in [-0.39, 0.29) is 5.56 Å². The Hall–Kier alpha value is -1.40. The molecule has 0 radical (unpaired) electrons. The Bertz CT molecular complexity index is 513. The molecule has 0 aliphatic heterocycles. The maximum absolute atomic E-state index is 13.5. The highest BCUT2D eigenvalue weighted by atomic mass is 32.1. The summed E-state index contributed by atoms with van der Waals surface area (Å²) in [4.78, 5) is 0. The van der Waals surface area contributed by atoms with Crippen molar-refractivity contribution < 1.29 is 8.78 Å². The molecule has 90 valence electrons. The predicted molar refractivity (Wildman–Crippen MR) is 62.9 cm³/mol. The fourth-order valence-electron chi connectivity index (χ4n) is 1.36. The predicted octanol–water partition coefficient (Wildman–Crippen LogP) is 2.25. The Labute approximate surface area is 102 Å². The molecule has 1 heterocycles. The third-order valence-electron chi connectivity index (χ3n) is 2.24. The molecule has 0 aliphatic carbocycles. The minimum absolute atomic E-state index is 0.165. The molecule has 6 heteroatoms. The first-order valence-electron chi connectivity index (χ1n) is 5.13. The van der Waals surface area contributed by atoms with Crippen LogP contribution in [0.25, 0.3) is 10.6 Å². The van der Waals surface area contributed by atoms with Crippen LogP contribution in [0.5, 0.6) is 0 Å².